The Morgan fingerprint density at radius 3 is 1.31 bits per heavy atom. The average molecular weight is 712 g/mol. The summed E-state index contributed by atoms with van der Waals surface area (Å²) >= 11 is 0. The second kappa shape index (κ2) is 16.8. The van der Waals surface area contributed by atoms with Crippen molar-refractivity contribution >= 4 is 20.2 Å². The first-order valence-electron chi connectivity index (χ1n) is 20.0. The third-order valence-corrected chi connectivity index (χ3v) is 11.9. The summed E-state index contributed by atoms with van der Waals surface area (Å²) in [5.74, 6) is 2.18. The van der Waals surface area contributed by atoms with Gasteiger partial charge in [0.25, 0.3) is 0 Å². The van der Waals surface area contributed by atoms with E-state index in [-0.39, 0.29) is 0 Å². The molecule has 0 radical (unpaired) electrons. The minimum absolute atomic E-state index is 0.728. The Kier molecular flexibility index (Phi) is 11.5. The van der Waals surface area contributed by atoms with Gasteiger partial charge >= 0.3 is 0 Å². The quantitative estimate of drug-likeness (QED) is 0.131. The molecule has 4 aliphatic rings. The highest BCUT2D eigenvalue weighted by atomic mass is 15.0. The number of nitrogens with zero attached hydrogens (tertiary/aromatic N) is 3. The predicted octanol–water partition coefficient (Wildman–Crippen LogP) is 11.5. The zero-order valence-electron chi connectivity index (χ0n) is 32.7. The van der Waals surface area contributed by atoms with Crippen molar-refractivity contribution in [1.29, 1.82) is 0 Å². The first-order chi connectivity index (χ1) is 26.2. The van der Waals surface area contributed by atoms with Crippen molar-refractivity contribution in [3.63, 3.8) is 0 Å². The molecule has 3 nitrogen and oxygen atoms in total. The molecule has 3 heterocycles. The number of rotatable bonds is 12. The summed E-state index contributed by atoms with van der Waals surface area (Å²) in [6, 6.07) is 29.3. The van der Waals surface area contributed by atoms with Crippen LogP contribution in [0.3, 0.4) is 0 Å². The van der Waals surface area contributed by atoms with Gasteiger partial charge in [-0.2, -0.15) is 0 Å². The van der Waals surface area contributed by atoms with Crippen molar-refractivity contribution in [3.05, 3.63) is 196 Å². The van der Waals surface area contributed by atoms with Crippen LogP contribution in [0.25, 0.3) is 0 Å². The third kappa shape index (κ3) is 8.91. The Morgan fingerprint density at radius 1 is 0.519 bits per heavy atom. The van der Waals surface area contributed by atoms with Gasteiger partial charge in [0.15, 0.2) is 0 Å². The first kappa shape index (κ1) is 37.1. The van der Waals surface area contributed by atoms with Crippen molar-refractivity contribution in [2.24, 2.45) is 17.8 Å². The Labute approximate surface area is 325 Å². The monoisotopic (exact) mass is 711 g/mol. The van der Waals surface area contributed by atoms with Crippen LogP contribution in [0.1, 0.15) is 91.2 Å². The molecule has 276 valence electrons. The van der Waals surface area contributed by atoms with E-state index in [1.165, 1.54) is 101 Å². The van der Waals surface area contributed by atoms with Gasteiger partial charge < -0.3 is 0 Å². The summed E-state index contributed by atoms with van der Waals surface area (Å²) in [5.41, 5.74) is 11.7. The molecule has 3 aromatic carbocycles. The Hall–Kier alpha value is -5.28. The summed E-state index contributed by atoms with van der Waals surface area (Å²) in [6.07, 6.45) is 31.4. The van der Waals surface area contributed by atoms with Crippen LogP contribution in [-0.2, 0) is 0 Å². The molecule has 0 bridgehead atoms. The lowest BCUT2D eigenvalue weighted by atomic mass is 9.70. The van der Waals surface area contributed by atoms with Gasteiger partial charge in [-0.3, -0.25) is 13.7 Å². The van der Waals surface area contributed by atoms with E-state index in [9.17, 15) is 0 Å². The number of hydrogen-bond donors (Lipinski definition) is 0. The molecule has 7 rings (SSSR count). The summed E-state index contributed by atoms with van der Waals surface area (Å²) in [7, 11) is 0. The lowest BCUT2D eigenvalue weighted by molar-refractivity contribution is -0.419. The van der Waals surface area contributed by atoms with E-state index >= 15 is 0 Å². The number of hydrogen-bond acceptors (Lipinski definition) is 0. The van der Waals surface area contributed by atoms with Gasteiger partial charge in [-0.1, -0.05) is 103 Å². The fraction of sp³-hybridized carbons (Fsp3) is 0.294. The summed E-state index contributed by atoms with van der Waals surface area (Å²) < 4.78 is 6.21. The molecule has 54 heavy (non-hydrogen) atoms. The van der Waals surface area contributed by atoms with Crippen LogP contribution in [0, 0.1) is 56.7 Å². The van der Waals surface area contributed by atoms with E-state index in [0.29, 0.717) is 0 Å². The maximum Gasteiger partial charge on any atom is 0.147 e. The molecule has 1 saturated carbocycles. The molecule has 1 aliphatic carbocycles. The van der Waals surface area contributed by atoms with Gasteiger partial charge in [0, 0.05) is 0 Å². The van der Waals surface area contributed by atoms with E-state index in [0.717, 1.165) is 43.1 Å². The van der Waals surface area contributed by atoms with Crippen molar-refractivity contribution in [2.75, 3.05) is 0 Å². The van der Waals surface area contributed by atoms with Crippen molar-refractivity contribution < 1.29 is 13.7 Å². The van der Waals surface area contributed by atoms with Gasteiger partial charge in [0.1, 0.15) is 36.7 Å². The molecule has 1 fully saturated rings. The maximum absolute atomic E-state index is 4.39. The third-order valence-electron chi connectivity index (χ3n) is 11.9. The smallest absolute Gasteiger partial charge is 0.147 e. The van der Waals surface area contributed by atoms with Gasteiger partial charge in [-0.05, 0) is 134 Å². The summed E-state index contributed by atoms with van der Waals surface area (Å²) in [4.78, 5) is 0. The molecule has 3 aliphatic heterocycles. The van der Waals surface area contributed by atoms with Gasteiger partial charge in [0.05, 0.1) is 20.2 Å². The highest BCUT2D eigenvalue weighted by Crippen LogP contribution is 2.42. The van der Waals surface area contributed by atoms with E-state index in [2.05, 4.69) is 183 Å². The molecular weight excluding hydrogens is 655 g/mol. The van der Waals surface area contributed by atoms with Crippen molar-refractivity contribution in [3.8, 4) is 0 Å². The minimum Gasteiger partial charge on any atom is -0.255 e. The number of benzene rings is 3. The Balaban J connectivity index is 0.989. The molecule has 0 N–H and O–H groups in total. The van der Waals surface area contributed by atoms with Crippen LogP contribution < -0.4 is 0 Å². The minimum atomic E-state index is 0.728. The summed E-state index contributed by atoms with van der Waals surface area (Å²) in [5, 5.41) is 0. The first-order valence-corrected chi connectivity index (χ1v) is 20.0. The van der Waals surface area contributed by atoms with Gasteiger partial charge in [-0.25, -0.2) is 0 Å². The van der Waals surface area contributed by atoms with E-state index in [1.54, 1.807) is 0 Å². The zero-order chi connectivity index (χ0) is 37.6. The molecular formula is C51H57N3. The normalized spacial score (nSPS) is 21.4. The average Bonchev–Trinajstić information content (AvgIpc) is 3.16. The molecule has 0 saturated heterocycles. The summed E-state index contributed by atoms with van der Waals surface area (Å²) in [6.45, 7) is 19.7. The van der Waals surface area contributed by atoms with Crippen LogP contribution in [0.15, 0.2) is 145 Å². The van der Waals surface area contributed by atoms with Crippen molar-refractivity contribution in [1.82, 2.24) is 0 Å². The van der Waals surface area contributed by atoms with E-state index < -0.39 is 0 Å². The predicted molar refractivity (Wildman–Crippen MR) is 226 cm³/mol. The molecule has 0 amide bonds. The molecule has 3 atom stereocenters. The van der Waals surface area contributed by atoms with Crippen LogP contribution >= 0.6 is 0 Å². The van der Waals surface area contributed by atoms with Gasteiger partial charge in [-0.15, -0.1) is 18.2 Å². The fourth-order valence-corrected chi connectivity index (χ4v) is 9.03. The fourth-order valence-electron chi connectivity index (χ4n) is 9.03. The van der Waals surface area contributed by atoms with E-state index in [4.69, 9.17) is 0 Å². The molecule has 1 unspecified atom stereocenters. The van der Waals surface area contributed by atoms with Crippen LogP contribution in [0.5, 0.6) is 0 Å². The lowest BCUT2D eigenvalue weighted by Gasteiger charge is -2.36. The highest BCUT2D eigenvalue weighted by molar-refractivity contribution is 5.46. The largest absolute Gasteiger partial charge is 0.255 e. The van der Waals surface area contributed by atoms with Crippen LogP contribution in [-0.4, -0.2) is 33.9 Å². The van der Waals surface area contributed by atoms with Crippen LogP contribution in [0.2, 0.25) is 0 Å². The second-order valence-corrected chi connectivity index (χ2v) is 16.1. The standard InChI is InChI=1S/C51H57N3/c1-37-12-11-15-46(30-37)49-27-24-40(34-52(49)4)18-21-43-31-44(22-19-41-25-28-50(53(5)35-41)47-16-9-7-13-38(47)2)33-45(32-43)23-20-42-26-29-51(54(6)36-42)48-17-10-8-14-39(48)3/h7-17,24-30,34-36,43-45H,4-6,18-23,31-33H2,1-3H3/t43?,44-,45+. The Bertz CT molecular complexity index is 1980. The van der Waals surface area contributed by atoms with Crippen molar-refractivity contribution in [2.45, 2.75) is 78.6 Å². The second-order valence-electron chi connectivity index (χ2n) is 16.1. The Morgan fingerprint density at radius 2 is 0.926 bits per heavy atom. The lowest BCUT2D eigenvalue weighted by Crippen LogP contribution is -2.24. The van der Waals surface area contributed by atoms with Crippen LogP contribution in [0.4, 0.5) is 0 Å². The van der Waals surface area contributed by atoms with Gasteiger partial charge in [0.2, 0.25) is 0 Å². The SMILES string of the molecule is C=[N+]1C=C(CCC2C[C@@H](CCC3=C[N+](=C)[C-](c4ccccc4C)C=C3)C[C@@H](CCC3=C[N+](=C)[C-](c4ccccc4C)C=C3)C2)C=C[C-]1c1cccc(C)c1. The zero-order valence-corrected chi connectivity index (χ0v) is 32.7. The van der Waals surface area contributed by atoms with E-state index in [1.807, 2.05) is 0 Å². The maximum atomic E-state index is 4.39. The topological polar surface area (TPSA) is 9.03 Å². The molecule has 0 spiro atoms. The highest BCUT2D eigenvalue weighted by Gasteiger charge is 2.30. The number of allylic oxidation sites excluding steroid dienone is 6. The number of aryl methyl sites for hydroxylation is 3. The molecule has 3 heteroatoms. The molecule has 3 aromatic rings. The molecule has 0 aromatic heterocycles.